The molecule has 0 aliphatic heterocycles. The third kappa shape index (κ3) is 6.51. The molecule has 5 nitrogen and oxygen atoms in total. The Balaban J connectivity index is 2.16. The van der Waals surface area contributed by atoms with Gasteiger partial charge in [0.25, 0.3) is 5.91 Å². The number of likely N-dealkylation sites (N-methyl/N-ethyl adjacent to an activating group) is 1. The van der Waals surface area contributed by atoms with Crippen LogP contribution in [0.15, 0.2) is 48.5 Å². The lowest BCUT2D eigenvalue weighted by Gasteiger charge is -2.30. The average molecular weight is 494 g/mol. The van der Waals surface area contributed by atoms with Crippen LogP contribution in [0.25, 0.3) is 0 Å². The van der Waals surface area contributed by atoms with Gasteiger partial charge in [-0.05, 0) is 72.7 Å². The van der Waals surface area contributed by atoms with Gasteiger partial charge in [-0.3, -0.25) is 9.59 Å². The highest BCUT2D eigenvalue weighted by Gasteiger charge is 2.28. The smallest absolute Gasteiger partial charge is 0.261 e. The van der Waals surface area contributed by atoms with Gasteiger partial charge in [0.1, 0.15) is 11.8 Å². The molecule has 6 heteroatoms. The molecule has 150 valence electrons. The molecule has 1 atom stereocenters. The second kappa shape index (κ2) is 11.0. The van der Waals surface area contributed by atoms with Crippen molar-refractivity contribution in [2.75, 3.05) is 13.2 Å². The Morgan fingerprint density at radius 2 is 1.71 bits per heavy atom. The summed E-state index contributed by atoms with van der Waals surface area (Å²) >= 11 is 2.22. The van der Waals surface area contributed by atoms with E-state index in [4.69, 9.17) is 4.74 Å². The Morgan fingerprint density at radius 1 is 1.07 bits per heavy atom. The number of amides is 2. The number of hydrogen-bond donors (Lipinski definition) is 1. The number of carbonyl (C=O) groups is 2. The van der Waals surface area contributed by atoms with E-state index in [-0.39, 0.29) is 18.4 Å². The molecule has 28 heavy (non-hydrogen) atoms. The van der Waals surface area contributed by atoms with Crippen LogP contribution < -0.4 is 10.1 Å². The molecule has 0 heterocycles. The van der Waals surface area contributed by atoms with E-state index in [2.05, 4.69) is 27.9 Å². The number of hydrogen-bond acceptors (Lipinski definition) is 3. The monoisotopic (exact) mass is 494 g/mol. The second-order valence-corrected chi connectivity index (χ2v) is 7.81. The highest BCUT2D eigenvalue weighted by atomic mass is 127. The summed E-state index contributed by atoms with van der Waals surface area (Å²) in [5, 5.41) is 2.83. The molecule has 2 rings (SSSR count). The molecule has 0 aliphatic rings. The molecule has 2 aromatic carbocycles. The van der Waals surface area contributed by atoms with Crippen molar-refractivity contribution >= 4 is 34.4 Å². The van der Waals surface area contributed by atoms with Crippen molar-refractivity contribution in [3.05, 3.63) is 63.2 Å². The maximum absolute atomic E-state index is 13.0. The van der Waals surface area contributed by atoms with Gasteiger partial charge >= 0.3 is 0 Å². The molecular weight excluding hydrogens is 467 g/mol. The second-order valence-electron chi connectivity index (χ2n) is 6.57. The molecule has 0 saturated carbocycles. The molecular formula is C22H27IN2O3. The molecule has 0 radical (unpaired) electrons. The SMILES string of the molecule is CCNC(=O)C(CC)N(Cc1ccc(C)cc1)C(=O)COc1ccc(I)cc1. The largest absolute Gasteiger partial charge is 0.484 e. The zero-order valence-corrected chi connectivity index (χ0v) is 18.7. The minimum atomic E-state index is -0.533. The number of nitrogens with one attached hydrogen (secondary N) is 1. The van der Waals surface area contributed by atoms with Crippen LogP contribution >= 0.6 is 22.6 Å². The van der Waals surface area contributed by atoms with Gasteiger partial charge in [0.2, 0.25) is 5.91 Å². The van der Waals surface area contributed by atoms with Crippen molar-refractivity contribution in [2.45, 2.75) is 39.8 Å². The average Bonchev–Trinajstić information content (AvgIpc) is 2.69. The van der Waals surface area contributed by atoms with Crippen molar-refractivity contribution in [3.63, 3.8) is 0 Å². The van der Waals surface area contributed by atoms with Crippen LogP contribution in [-0.2, 0) is 16.1 Å². The molecule has 0 saturated heterocycles. The van der Waals surface area contributed by atoms with E-state index in [0.717, 1.165) is 14.7 Å². The first-order valence-electron chi connectivity index (χ1n) is 9.45. The van der Waals surface area contributed by atoms with Crippen LogP contribution in [0, 0.1) is 10.5 Å². The number of ether oxygens (including phenoxy) is 1. The highest BCUT2D eigenvalue weighted by molar-refractivity contribution is 14.1. The van der Waals surface area contributed by atoms with Crippen LogP contribution in [0.2, 0.25) is 0 Å². The van der Waals surface area contributed by atoms with Crippen LogP contribution in [0.1, 0.15) is 31.4 Å². The van der Waals surface area contributed by atoms with Crippen molar-refractivity contribution in [1.29, 1.82) is 0 Å². The van der Waals surface area contributed by atoms with Gasteiger partial charge < -0.3 is 15.0 Å². The summed E-state index contributed by atoms with van der Waals surface area (Å²) in [5.41, 5.74) is 2.13. The third-order valence-corrected chi connectivity index (χ3v) is 5.11. The summed E-state index contributed by atoms with van der Waals surface area (Å²) in [7, 11) is 0. The topological polar surface area (TPSA) is 58.6 Å². The van der Waals surface area contributed by atoms with E-state index in [1.807, 2.05) is 69.3 Å². The lowest BCUT2D eigenvalue weighted by atomic mass is 10.1. The van der Waals surface area contributed by atoms with Gasteiger partial charge in [-0.2, -0.15) is 0 Å². The van der Waals surface area contributed by atoms with Gasteiger partial charge in [0, 0.05) is 16.7 Å². The molecule has 0 bridgehead atoms. The van der Waals surface area contributed by atoms with E-state index in [1.54, 1.807) is 4.90 Å². The van der Waals surface area contributed by atoms with Gasteiger partial charge in [0.15, 0.2) is 6.61 Å². The van der Waals surface area contributed by atoms with Crippen LogP contribution in [0.5, 0.6) is 5.75 Å². The Morgan fingerprint density at radius 3 is 2.29 bits per heavy atom. The van der Waals surface area contributed by atoms with E-state index < -0.39 is 6.04 Å². The zero-order valence-electron chi connectivity index (χ0n) is 16.6. The molecule has 0 fully saturated rings. The fourth-order valence-electron chi connectivity index (χ4n) is 2.86. The summed E-state index contributed by atoms with van der Waals surface area (Å²) in [5.74, 6) is 0.284. The molecule has 2 aromatic rings. The number of carbonyl (C=O) groups excluding carboxylic acids is 2. The lowest BCUT2D eigenvalue weighted by Crippen LogP contribution is -2.50. The van der Waals surface area contributed by atoms with Crippen molar-refractivity contribution in [1.82, 2.24) is 10.2 Å². The Hall–Kier alpha value is -2.09. The summed E-state index contributed by atoms with van der Waals surface area (Å²) in [6.07, 6.45) is 0.535. The van der Waals surface area contributed by atoms with Gasteiger partial charge in [0.05, 0.1) is 0 Å². The summed E-state index contributed by atoms with van der Waals surface area (Å²) in [6, 6.07) is 15.0. The number of aryl methyl sites for hydroxylation is 1. The molecule has 1 unspecified atom stereocenters. The van der Waals surface area contributed by atoms with E-state index >= 15 is 0 Å². The van der Waals surface area contributed by atoms with Crippen molar-refractivity contribution in [3.8, 4) is 5.75 Å². The molecule has 0 aliphatic carbocycles. The zero-order chi connectivity index (χ0) is 20.5. The first kappa shape index (κ1) is 22.2. The first-order chi connectivity index (χ1) is 13.4. The van der Waals surface area contributed by atoms with Gasteiger partial charge in [-0.1, -0.05) is 36.8 Å². The fraction of sp³-hybridized carbons (Fsp3) is 0.364. The highest BCUT2D eigenvalue weighted by Crippen LogP contribution is 2.16. The molecule has 1 N–H and O–H groups in total. The Bertz CT molecular complexity index is 775. The number of rotatable bonds is 9. The summed E-state index contributed by atoms with van der Waals surface area (Å²) in [6.45, 7) is 6.59. The number of halogens is 1. The number of nitrogens with zero attached hydrogens (tertiary/aromatic N) is 1. The van der Waals surface area contributed by atoms with E-state index in [0.29, 0.717) is 25.3 Å². The quantitative estimate of drug-likeness (QED) is 0.538. The van der Waals surface area contributed by atoms with E-state index in [9.17, 15) is 9.59 Å². The molecule has 0 aromatic heterocycles. The van der Waals surface area contributed by atoms with Crippen molar-refractivity contribution < 1.29 is 14.3 Å². The maximum atomic E-state index is 13.0. The third-order valence-electron chi connectivity index (χ3n) is 4.39. The van der Waals surface area contributed by atoms with Gasteiger partial charge in [-0.15, -0.1) is 0 Å². The minimum absolute atomic E-state index is 0.109. The summed E-state index contributed by atoms with van der Waals surface area (Å²) < 4.78 is 6.77. The standard InChI is InChI=1S/C22H27IN2O3/c1-4-20(22(27)24-5-2)25(14-17-8-6-16(3)7-9-17)21(26)15-28-19-12-10-18(23)11-13-19/h6-13,20H,4-5,14-15H2,1-3H3,(H,24,27). The van der Waals surface area contributed by atoms with Crippen LogP contribution in [0.4, 0.5) is 0 Å². The van der Waals surface area contributed by atoms with Crippen molar-refractivity contribution in [2.24, 2.45) is 0 Å². The number of benzene rings is 2. The maximum Gasteiger partial charge on any atom is 0.261 e. The predicted molar refractivity (Wildman–Crippen MR) is 119 cm³/mol. The fourth-order valence-corrected chi connectivity index (χ4v) is 3.22. The lowest BCUT2D eigenvalue weighted by molar-refractivity contribution is -0.142. The van der Waals surface area contributed by atoms with Gasteiger partial charge in [-0.25, -0.2) is 0 Å². The summed E-state index contributed by atoms with van der Waals surface area (Å²) in [4.78, 5) is 27.1. The Labute approximate surface area is 180 Å². The van der Waals surface area contributed by atoms with Crippen LogP contribution in [0.3, 0.4) is 0 Å². The molecule has 0 spiro atoms. The Kier molecular flexibility index (Phi) is 8.76. The normalized spacial score (nSPS) is 11.6. The first-order valence-corrected chi connectivity index (χ1v) is 10.5. The van der Waals surface area contributed by atoms with Crippen LogP contribution in [-0.4, -0.2) is 35.9 Å². The predicted octanol–water partition coefficient (Wildman–Crippen LogP) is 3.92. The minimum Gasteiger partial charge on any atom is -0.484 e. The van der Waals surface area contributed by atoms with E-state index in [1.165, 1.54) is 0 Å². The molecule has 2 amide bonds.